The van der Waals surface area contributed by atoms with Crippen molar-refractivity contribution in [2.75, 3.05) is 13.1 Å². The van der Waals surface area contributed by atoms with Gasteiger partial charge in [0.1, 0.15) is 13.1 Å². The van der Waals surface area contributed by atoms with Crippen molar-refractivity contribution in [3.8, 4) is 0 Å². The number of rotatable bonds is 4. The van der Waals surface area contributed by atoms with Crippen LogP contribution >= 0.6 is 0 Å². The predicted molar refractivity (Wildman–Crippen MR) is 58.2 cm³/mol. The molecule has 0 unspecified atom stereocenters. The lowest BCUT2D eigenvalue weighted by molar-refractivity contribution is -0.120. The van der Waals surface area contributed by atoms with E-state index in [4.69, 9.17) is 11.5 Å². The number of nitrogens with two attached hydrogens (primary N) is 2. The Bertz CT molecular complexity index is 280. The molecule has 0 aromatic carbocycles. The van der Waals surface area contributed by atoms with Gasteiger partial charge in [0.2, 0.25) is 11.8 Å². The fourth-order valence-corrected chi connectivity index (χ4v) is 0.976. The Morgan fingerprint density at radius 2 is 1.44 bits per heavy atom. The van der Waals surface area contributed by atoms with Crippen LogP contribution in [-0.4, -0.2) is 41.4 Å². The van der Waals surface area contributed by atoms with Crippen LogP contribution in [0.4, 0.5) is 4.79 Å². The van der Waals surface area contributed by atoms with Crippen LogP contribution < -0.4 is 16.8 Å². The summed E-state index contributed by atoms with van der Waals surface area (Å²) >= 11 is 0. The first-order valence-corrected chi connectivity index (χ1v) is 4.75. The number of amides is 4. The van der Waals surface area contributed by atoms with Gasteiger partial charge in [0.05, 0.1) is 0 Å². The molecule has 7 nitrogen and oxygen atoms in total. The van der Waals surface area contributed by atoms with Crippen LogP contribution in [0.15, 0.2) is 0 Å². The van der Waals surface area contributed by atoms with Gasteiger partial charge in [-0.15, -0.1) is 0 Å². The van der Waals surface area contributed by atoms with E-state index in [1.54, 1.807) is 20.8 Å². The Balaban J connectivity index is 4.56. The van der Waals surface area contributed by atoms with E-state index >= 15 is 0 Å². The summed E-state index contributed by atoms with van der Waals surface area (Å²) in [6.07, 6.45) is 0. The first-order valence-electron chi connectivity index (χ1n) is 4.75. The first kappa shape index (κ1) is 14.2. The second-order valence-corrected chi connectivity index (χ2v) is 4.47. The number of carbonyl (C=O) groups is 3. The lowest BCUT2D eigenvalue weighted by Crippen LogP contribution is -2.52. The van der Waals surface area contributed by atoms with E-state index in [-0.39, 0.29) is 13.1 Å². The van der Waals surface area contributed by atoms with Gasteiger partial charge in [-0.2, -0.15) is 0 Å². The second-order valence-electron chi connectivity index (χ2n) is 4.47. The third kappa shape index (κ3) is 6.63. The molecule has 5 N–H and O–H groups in total. The molecule has 0 radical (unpaired) electrons. The number of carbonyl (C=O) groups excluding carboxylic acids is 3. The largest absolute Gasteiger partial charge is 0.368 e. The summed E-state index contributed by atoms with van der Waals surface area (Å²) in [5, 5.41) is 2.60. The van der Waals surface area contributed by atoms with Crippen LogP contribution in [0.5, 0.6) is 0 Å². The van der Waals surface area contributed by atoms with Gasteiger partial charge in [-0.25, -0.2) is 4.79 Å². The van der Waals surface area contributed by atoms with E-state index in [1.165, 1.54) is 0 Å². The molecule has 7 heteroatoms. The summed E-state index contributed by atoms with van der Waals surface area (Å²) in [5.41, 5.74) is 9.45. The molecule has 92 valence electrons. The van der Waals surface area contributed by atoms with Crippen molar-refractivity contribution < 1.29 is 14.4 Å². The topological polar surface area (TPSA) is 119 Å². The zero-order chi connectivity index (χ0) is 12.9. The summed E-state index contributed by atoms with van der Waals surface area (Å²) in [7, 11) is 0. The number of urea groups is 1. The molecule has 0 aliphatic rings. The molecule has 0 rings (SSSR count). The molecule has 0 aliphatic heterocycles. The Kier molecular flexibility index (Phi) is 4.74. The first-order chi connectivity index (χ1) is 7.11. The van der Waals surface area contributed by atoms with E-state index in [1.807, 2.05) is 0 Å². The molecular formula is C9H18N4O3. The third-order valence-corrected chi connectivity index (χ3v) is 1.46. The Labute approximate surface area is 94.1 Å². The van der Waals surface area contributed by atoms with Gasteiger partial charge in [-0.3, -0.25) is 9.59 Å². The average Bonchev–Trinajstić information content (AvgIpc) is 1.97. The van der Waals surface area contributed by atoms with Crippen LogP contribution in [0.3, 0.4) is 0 Å². The molecule has 4 amide bonds. The van der Waals surface area contributed by atoms with E-state index in [0.29, 0.717) is 0 Å². The van der Waals surface area contributed by atoms with E-state index < -0.39 is 23.4 Å². The van der Waals surface area contributed by atoms with Gasteiger partial charge < -0.3 is 21.7 Å². The molecule has 0 atom stereocenters. The fourth-order valence-electron chi connectivity index (χ4n) is 0.976. The number of nitrogens with zero attached hydrogens (tertiary/aromatic N) is 1. The summed E-state index contributed by atoms with van der Waals surface area (Å²) in [5.74, 6) is -1.41. The van der Waals surface area contributed by atoms with Crippen LogP contribution in [-0.2, 0) is 9.59 Å². The minimum atomic E-state index is -0.703. The molecule has 0 fully saturated rings. The molecule has 0 aromatic heterocycles. The number of nitrogens with one attached hydrogen (secondary N) is 1. The highest BCUT2D eigenvalue weighted by Gasteiger charge is 2.22. The van der Waals surface area contributed by atoms with Crippen molar-refractivity contribution in [1.82, 2.24) is 10.2 Å². The Hall–Kier alpha value is -1.79. The summed E-state index contributed by atoms with van der Waals surface area (Å²) in [6, 6.07) is -0.551. The zero-order valence-corrected chi connectivity index (χ0v) is 9.74. The van der Waals surface area contributed by atoms with Gasteiger partial charge in [0.15, 0.2) is 0 Å². The quantitative estimate of drug-likeness (QED) is 0.560. The highest BCUT2D eigenvalue weighted by Crippen LogP contribution is 2.00. The standard InChI is InChI=1S/C9H18N4O3/c1-9(2,3)12-8(16)13(4-6(10)14)5-7(11)15/h4-5H2,1-3H3,(H2,10,14)(H2,11,15)(H,12,16). The summed E-state index contributed by atoms with van der Waals surface area (Å²) in [4.78, 5) is 34.0. The molecule has 0 spiro atoms. The minimum Gasteiger partial charge on any atom is -0.368 e. The average molecular weight is 230 g/mol. The van der Waals surface area contributed by atoms with E-state index in [0.717, 1.165) is 4.90 Å². The van der Waals surface area contributed by atoms with Crippen molar-refractivity contribution in [1.29, 1.82) is 0 Å². The van der Waals surface area contributed by atoms with Crippen molar-refractivity contribution in [2.24, 2.45) is 11.5 Å². The summed E-state index contributed by atoms with van der Waals surface area (Å²) in [6.45, 7) is 4.64. The molecule has 0 bridgehead atoms. The van der Waals surface area contributed by atoms with Crippen LogP contribution in [0.2, 0.25) is 0 Å². The van der Waals surface area contributed by atoms with Gasteiger partial charge in [-0.1, -0.05) is 0 Å². The third-order valence-electron chi connectivity index (χ3n) is 1.46. The molecule has 0 heterocycles. The molecule has 0 aromatic rings. The van der Waals surface area contributed by atoms with Crippen molar-refractivity contribution in [3.63, 3.8) is 0 Å². The molecule has 0 saturated carbocycles. The zero-order valence-electron chi connectivity index (χ0n) is 9.74. The number of primary amides is 2. The lowest BCUT2D eigenvalue weighted by atomic mass is 10.1. The normalized spacial score (nSPS) is 10.7. The van der Waals surface area contributed by atoms with Crippen molar-refractivity contribution >= 4 is 17.8 Å². The monoisotopic (exact) mass is 230 g/mol. The van der Waals surface area contributed by atoms with Gasteiger partial charge in [-0.05, 0) is 20.8 Å². The van der Waals surface area contributed by atoms with E-state index in [2.05, 4.69) is 5.32 Å². The molecular weight excluding hydrogens is 212 g/mol. The lowest BCUT2D eigenvalue weighted by Gasteiger charge is -2.26. The highest BCUT2D eigenvalue weighted by atomic mass is 16.2. The SMILES string of the molecule is CC(C)(C)NC(=O)N(CC(N)=O)CC(N)=O. The van der Waals surface area contributed by atoms with Gasteiger partial charge >= 0.3 is 6.03 Å². The van der Waals surface area contributed by atoms with Crippen molar-refractivity contribution in [2.45, 2.75) is 26.3 Å². The molecule has 0 saturated heterocycles. The minimum absolute atomic E-state index is 0.342. The predicted octanol–water partition coefficient (Wildman–Crippen LogP) is -1.23. The molecule has 0 aliphatic carbocycles. The molecule has 16 heavy (non-hydrogen) atoms. The Morgan fingerprint density at radius 3 is 1.69 bits per heavy atom. The smallest absolute Gasteiger partial charge is 0.318 e. The van der Waals surface area contributed by atoms with Crippen molar-refractivity contribution in [3.05, 3.63) is 0 Å². The maximum atomic E-state index is 11.6. The van der Waals surface area contributed by atoms with Crippen LogP contribution in [0, 0.1) is 0 Å². The maximum absolute atomic E-state index is 11.6. The maximum Gasteiger partial charge on any atom is 0.318 e. The van der Waals surface area contributed by atoms with Gasteiger partial charge in [0.25, 0.3) is 0 Å². The number of hydrogen-bond donors (Lipinski definition) is 3. The number of hydrogen-bond acceptors (Lipinski definition) is 3. The Morgan fingerprint density at radius 1 is 1.06 bits per heavy atom. The van der Waals surface area contributed by atoms with Crippen LogP contribution in [0.25, 0.3) is 0 Å². The fraction of sp³-hybridized carbons (Fsp3) is 0.667. The highest BCUT2D eigenvalue weighted by molar-refractivity contribution is 5.87. The second kappa shape index (κ2) is 5.34. The van der Waals surface area contributed by atoms with E-state index in [9.17, 15) is 14.4 Å². The van der Waals surface area contributed by atoms with Gasteiger partial charge in [0, 0.05) is 5.54 Å². The summed E-state index contributed by atoms with van der Waals surface area (Å²) < 4.78 is 0. The van der Waals surface area contributed by atoms with Crippen LogP contribution in [0.1, 0.15) is 20.8 Å².